The molecular formula is C18H26O4. The molecule has 0 saturated carbocycles. The van der Waals surface area contributed by atoms with Crippen LogP contribution in [0.4, 0.5) is 0 Å². The van der Waals surface area contributed by atoms with Gasteiger partial charge in [-0.3, -0.25) is 0 Å². The van der Waals surface area contributed by atoms with Gasteiger partial charge in [0.15, 0.2) is 0 Å². The molecule has 22 heavy (non-hydrogen) atoms. The average molecular weight is 306 g/mol. The first kappa shape index (κ1) is 18.2. The highest BCUT2D eigenvalue weighted by Crippen LogP contribution is 2.19. The van der Waals surface area contributed by atoms with Gasteiger partial charge >= 0.3 is 11.9 Å². The number of hydrogen-bond acceptors (Lipinski definition) is 3. The SMILES string of the molecule is CC(C)CCC(CC(C)C)OC(=O)c1ccccc1C(=O)O. The zero-order valence-corrected chi connectivity index (χ0v) is 13.8. The van der Waals surface area contributed by atoms with Crippen LogP contribution in [-0.4, -0.2) is 23.1 Å². The summed E-state index contributed by atoms with van der Waals surface area (Å²) in [5.74, 6) is -0.707. The lowest BCUT2D eigenvalue weighted by atomic mass is 9.98. The topological polar surface area (TPSA) is 63.6 Å². The predicted octanol–water partition coefficient (Wildman–Crippen LogP) is 4.39. The van der Waals surface area contributed by atoms with Crippen molar-refractivity contribution < 1.29 is 19.4 Å². The monoisotopic (exact) mass is 306 g/mol. The van der Waals surface area contributed by atoms with Crippen molar-refractivity contribution in [2.24, 2.45) is 11.8 Å². The lowest BCUT2D eigenvalue weighted by Gasteiger charge is -2.21. The van der Waals surface area contributed by atoms with Crippen LogP contribution in [0.3, 0.4) is 0 Å². The van der Waals surface area contributed by atoms with E-state index in [1.165, 1.54) is 12.1 Å². The summed E-state index contributed by atoms with van der Waals surface area (Å²) in [7, 11) is 0. The minimum Gasteiger partial charge on any atom is -0.478 e. The lowest BCUT2D eigenvalue weighted by molar-refractivity contribution is 0.0214. The quantitative estimate of drug-likeness (QED) is 0.723. The Labute approximate surface area is 132 Å². The average Bonchev–Trinajstić information content (AvgIpc) is 2.44. The van der Waals surface area contributed by atoms with Gasteiger partial charge in [-0.2, -0.15) is 0 Å². The molecule has 4 nitrogen and oxygen atoms in total. The largest absolute Gasteiger partial charge is 0.478 e. The van der Waals surface area contributed by atoms with Crippen molar-refractivity contribution >= 4 is 11.9 Å². The maximum absolute atomic E-state index is 12.3. The number of aromatic carboxylic acids is 1. The van der Waals surface area contributed by atoms with Crippen molar-refractivity contribution in [2.45, 2.75) is 53.1 Å². The van der Waals surface area contributed by atoms with Crippen molar-refractivity contribution in [3.8, 4) is 0 Å². The molecule has 0 amide bonds. The molecule has 0 aliphatic carbocycles. The number of carboxylic acids is 1. The summed E-state index contributed by atoms with van der Waals surface area (Å²) in [5, 5.41) is 9.16. The molecule has 0 radical (unpaired) electrons. The third-order valence-corrected chi connectivity index (χ3v) is 3.45. The van der Waals surface area contributed by atoms with Gasteiger partial charge in [0.05, 0.1) is 11.1 Å². The molecule has 0 aliphatic heterocycles. The maximum atomic E-state index is 12.3. The van der Waals surface area contributed by atoms with Gasteiger partial charge in [0.2, 0.25) is 0 Å². The second kappa shape index (κ2) is 8.57. The Morgan fingerprint density at radius 2 is 1.59 bits per heavy atom. The zero-order chi connectivity index (χ0) is 16.7. The first-order chi connectivity index (χ1) is 10.3. The van der Waals surface area contributed by atoms with Crippen LogP contribution in [0.5, 0.6) is 0 Å². The van der Waals surface area contributed by atoms with Crippen LogP contribution in [0, 0.1) is 11.8 Å². The molecule has 1 aromatic rings. The van der Waals surface area contributed by atoms with E-state index >= 15 is 0 Å². The minimum atomic E-state index is -1.12. The van der Waals surface area contributed by atoms with Crippen molar-refractivity contribution in [1.82, 2.24) is 0 Å². The number of ether oxygens (including phenoxy) is 1. The van der Waals surface area contributed by atoms with Crippen molar-refractivity contribution in [3.63, 3.8) is 0 Å². The summed E-state index contributed by atoms with van der Waals surface area (Å²) < 4.78 is 5.59. The predicted molar refractivity (Wildman–Crippen MR) is 86.1 cm³/mol. The Morgan fingerprint density at radius 3 is 2.09 bits per heavy atom. The first-order valence-electron chi connectivity index (χ1n) is 7.84. The van der Waals surface area contributed by atoms with Gasteiger partial charge in [0, 0.05) is 0 Å². The molecule has 0 aliphatic rings. The summed E-state index contributed by atoms with van der Waals surface area (Å²) in [6, 6.07) is 6.17. The van der Waals surface area contributed by atoms with Crippen LogP contribution in [0.25, 0.3) is 0 Å². The molecule has 122 valence electrons. The molecule has 0 saturated heterocycles. The van der Waals surface area contributed by atoms with E-state index in [0.29, 0.717) is 11.8 Å². The summed E-state index contributed by atoms with van der Waals surface area (Å²) in [6.07, 6.45) is 2.40. The Balaban J connectivity index is 2.84. The summed E-state index contributed by atoms with van der Waals surface area (Å²) in [6.45, 7) is 8.44. The van der Waals surface area contributed by atoms with Crippen molar-refractivity contribution in [1.29, 1.82) is 0 Å². The van der Waals surface area contributed by atoms with Gasteiger partial charge in [0.1, 0.15) is 6.10 Å². The molecule has 1 atom stereocenters. The van der Waals surface area contributed by atoms with E-state index < -0.39 is 11.9 Å². The van der Waals surface area contributed by atoms with Crippen LogP contribution in [-0.2, 0) is 4.74 Å². The summed E-state index contributed by atoms with van der Waals surface area (Å²) in [5.41, 5.74) is 0.105. The Kier molecular flexibility index (Phi) is 7.09. The van der Waals surface area contributed by atoms with E-state index in [9.17, 15) is 9.59 Å². The van der Waals surface area contributed by atoms with E-state index in [1.807, 2.05) is 0 Å². The Hall–Kier alpha value is -1.84. The molecule has 1 unspecified atom stereocenters. The molecule has 1 N–H and O–H groups in total. The van der Waals surface area contributed by atoms with Gasteiger partial charge in [-0.1, -0.05) is 39.8 Å². The van der Waals surface area contributed by atoms with E-state index in [-0.39, 0.29) is 17.2 Å². The smallest absolute Gasteiger partial charge is 0.339 e. The van der Waals surface area contributed by atoms with Crippen molar-refractivity contribution in [3.05, 3.63) is 35.4 Å². The number of rotatable bonds is 8. The van der Waals surface area contributed by atoms with E-state index in [0.717, 1.165) is 19.3 Å². The Morgan fingerprint density at radius 1 is 1.00 bits per heavy atom. The fraction of sp³-hybridized carbons (Fsp3) is 0.556. The third kappa shape index (κ3) is 5.88. The molecule has 0 heterocycles. The number of carbonyl (C=O) groups excluding carboxylic acids is 1. The fourth-order valence-electron chi connectivity index (χ4n) is 2.33. The molecule has 1 rings (SSSR count). The first-order valence-corrected chi connectivity index (χ1v) is 7.84. The number of carboxylic acid groups (broad SMARTS) is 1. The fourth-order valence-corrected chi connectivity index (χ4v) is 2.33. The van der Waals surface area contributed by atoms with Gasteiger partial charge < -0.3 is 9.84 Å². The minimum absolute atomic E-state index is 0.0142. The molecule has 0 aromatic heterocycles. The molecule has 4 heteroatoms. The molecule has 1 aromatic carbocycles. The zero-order valence-electron chi connectivity index (χ0n) is 13.8. The van der Waals surface area contributed by atoms with Gasteiger partial charge in [-0.05, 0) is 43.2 Å². The van der Waals surface area contributed by atoms with Crippen molar-refractivity contribution in [2.75, 3.05) is 0 Å². The lowest BCUT2D eigenvalue weighted by Crippen LogP contribution is -2.22. The number of hydrogen-bond donors (Lipinski definition) is 1. The van der Waals surface area contributed by atoms with E-state index in [2.05, 4.69) is 27.7 Å². The van der Waals surface area contributed by atoms with Crippen LogP contribution in [0.15, 0.2) is 24.3 Å². The van der Waals surface area contributed by atoms with Gasteiger partial charge in [-0.15, -0.1) is 0 Å². The number of carbonyl (C=O) groups is 2. The van der Waals surface area contributed by atoms with E-state index in [4.69, 9.17) is 9.84 Å². The number of esters is 1. The highest BCUT2D eigenvalue weighted by Gasteiger charge is 2.21. The second-order valence-electron chi connectivity index (χ2n) is 6.48. The summed E-state index contributed by atoms with van der Waals surface area (Å²) in [4.78, 5) is 23.5. The number of benzene rings is 1. The van der Waals surface area contributed by atoms with Crippen LogP contribution in [0.2, 0.25) is 0 Å². The van der Waals surface area contributed by atoms with Gasteiger partial charge in [-0.25, -0.2) is 9.59 Å². The van der Waals surface area contributed by atoms with Crippen LogP contribution in [0.1, 0.15) is 67.7 Å². The van der Waals surface area contributed by atoms with Crippen LogP contribution < -0.4 is 0 Å². The molecular weight excluding hydrogens is 280 g/mol. The van der Waals surface area contributed by atoms with E-state index in [1.54, 1.807) is 12.1 Å². The highest BCUT2D eigenvalue weighted by molar-refractivity contribution is 6.02. The second-order valence-corrected chi connectivity index (χ2v) is 6.48. The van der Waals surface area contributed by atoms with Crippen LogP contribution >= 0.6 is 0 Å². The summed E-state index contributed by atoms with van der Waals surface area (Å²) >= 11 is 0. The molecule has 0 fully saturated rings. The Bertz CT molecular complexity index is 506. The molecule has 0 spiro atoms. The standard InChI is InChI=1S/C18H26O4/c1-12(2)9-10-14(11-13(3)4)22-18(21)16-8-6-5-7-15(16)17(19)20/h5-8,12-14H,9-11H2,1-4H3,(H,19,20). The third-order valence-electron chi connectivity index (χ3n) is 3.45. The normalized spacial score (nSPS) is 12.5. The molecule has 0 bridgehead atoms. The van der Waals surface area contributed by atoms with Gasteiger partial charge in [0.25, 0.3) is 0 Å². The highest BCUT2D eigenvalue weighted by atomic mass is 16.5. The maximum Gasteiger partial charge on any atom is 0.339 e.